The van der Waals surface area contributed by atoms with E-state index in [1.54, 1.807) is 0 Å². The van der Waals surface area contributed by atoms with Crippen LogP contribution in [0.3, 0.4) is 0 Å². The van der Waals surface area contributed by atoms with Gasteiger partial charge >= 0.3 is 0 Å². The third-order valence-electron chi connectivity index (χ3n) is 2.47. The zero-order chi connectivity index (χ0) is 12.8. The van der Waals surface area contributed by atoms with Crippen molar-refractivity contribution in [3.63, 3.8) is 0 Å². The molecule has 0 heterocycles. The topological polar surface area (TPSA) is 0 Å². The molecule has 0 aliphatic heterocycles. The van der Waals surface area contributed by atoms with Crippen molar-refractivity contribution in [1.29, 1.82) is 0 Å². The lowest BCUT2D eigenvalue weighted by Crippen LogP contribution is -1.73. The molecule has 0 spiro atoms. The molecule has 0 atom stereocenters. The van der Waals surface area contributed by atoms with E-state index < -0.39 is 0 Å². The smallest absolute Gasteiger partial charge is 0.0478 e. The van der Waals surface area contributed by atoms with E-state index in [1.807, 2.05) is 72.8 Å². The van der Waals surface area contributed by atoms with E-state index >= 15 is 0 Å². The number of hydrogen-bond acceptors (Lipinski definition) is 0. The summed E-state index contributed by atoms with van der Waals surface area (Å²) in [6, 6.07) is 15.5. The van der Waals surface area contributed by atoms with Gasteiger partial charge in [0.2, 0.25) is 0 Å². The van der Waals surface area contributed by atoms with Gasteiger partial charge in [0.15, 0.2) is 0 Å². The molecule has 0 amide bonds. The van der Waals surface area contributed by atoms with Gasteiger partial charge in [0.05, 0.1) is 0 Å². The van der Waals surface area contributed by atoms with E-state index in [2.05, 4.69) is 0 Å². The summed E-state index contributed by atoms with van der Waals surface area (Å²) in [5.41, 5.74) is 2.01. The fraction of sp³-hybridized carbons (Fsp3) is 0. The molecule has 18 heavy (non-hydrogen) atoms. The van der Waals surface area contributed by atoms with Gasteiger partial charge in [0, 0.05) is 10.0 Å². The Hall–Kier alpha value is -1.50. The zero-order valence-corrected chi connectivity index (χ0v) is 11.2. The minimum atomic E-state index is 0.750. The second-order valence-corrected chi connectivity index (χ2v) is 4.58. The second-order valence-electron chi connectivity index (χ2n) is 3.76. The fourth-order valence-electron chi connectivity index (χ4n) is 1.54. The quantitative estimate of drug-likeness (QED) is 0.628. The maximum atomic E-state index is 6.05. The monoisotopic (exact) mass is 274 g/mol. The van der Waals surface area contributed by atoms with Crippen molar-refractivity contribution >= 4 is 35.4 Å². The summed E-state index contributed by atoms with van der Waals surface area (Å²) in [6.07, 6.45) is 7.83. The van der Waals surface area contributed by atoms with Crippen LogP contribution in [-0.4, -0.2) is 0 Å². The van der Waals surface area contributed by atoms with Crippen LogP contribution >= 0.6 is 23.2 Å². The Morgan fingerprint density at radius 3 is 1.39 bits per heavy atom. The van der Waals surface area contributed by atoms with Crippen LogP contribution in [0.4, 0.5) is 0 Å². The average Bonchev–Trinajstić information content (AvgIpc) is 2.38. The number of halogens is 2. The van der Waals surface area contributed by atoms with Crippen LogP contribution in [0.25, 0.3) is 12.2 Å². The minimum Gasteiger partial charge on any atom is -0.0837 e. The van der Waals surface area contributed by atoms with E-state index in [0.717, 1.165) is 21.2 Å². The predicted octanol–water partition coefficient (Wildman–Crippen LogP) is 5.72. The lowest BCUT2D eigenvalue weighted by molar-refractivity contribution is 1.65. The predicted molar refractivity (Wildman–Crippen MR) is 81.0 cm³/mol. The first-order chi connectivity index (χ1) is 8.77. The molecular formula is C16H12Cl2. The first kappa shape index (κ1) is 12.9. The summed E-state index contributed by atoms with van der Waals surface area (Å²) in [4.78, 5) is 0. The van der Waals surface area contributed by atoms with E-state index in [0.29, 0.717) is 0 Å². The Morgan fingerprint density at radius 1 is 0.611 bits per heavy atom. The van der Waals surface area contributed by atoms with Gasteiger partial charge in [-0.1, -0.05) is 83.9 Å². The van der Waals surface area contributed by atoms with Gasteiger partial charge in [0.25, 0.3) is 0 Å². The Labute approximate surface area is 117 Å². The van der Waals surface area contributed by atoms with Gasteiger partial charge in [-0.05, 0) is 23.3 Å². The molecule has 2 rings (SSSR count). The maximum Gasteiger partial charge on any atom is 0.0478 e. The summed E-state index contributed by atoms with van der Waals surface area (Å²) in [5.74, 6) is 0. The van der Waals surface area contributed by atoms with Crippen molar-refractivity contribution in [2.75, 3.05) is 0 Å². The molecule has 2 heteroatoms. The van der Waals surface area contributed by atoms with E-state index in [-0.39, 0.29) is 0 Å². The van der Waals surface area contributed by atoms with Gasteiger partial charge in [-0.2, -0.15) is 0 Å². The summed E-state index contributed by atoms with van der Waals surface area (Å²) in [7, 11) is 0. The van der Waals surface area contributed by atoms with Crippen LogP contribution in [0, 0.1) is 0 Å². The van der Waals surface area contributed by atoms with Crippen molar-refractivity contribution in [1.82, 2.24) is 0 Å². The molecule has 0 aromatic heterocycles. The first-order valence-corrected chi connectivity index (χ1v) is 6.37. The van der Waals surface area contributed by atoms with Crippen molar-refractivity contribution in [3.05, 3.63) is 81.9 Å². The van der Waals surface area contributed by atoms with Crippen molar-refractivity contribution < 1.29 is 0 Å². The highest BCUT2D eigenvalue weighted by molar-refractivity contribution is 6.32. The van der Waals surface area contributed by atoms with Gasteiger partial charge in [-0.25, -0.2) is 0 Å². The fourth-order valence-corrected chi connectivity index (χ4v) is 1.94. The van der Waals surface area contributed by atoms with Crippen LogP contribution in [0.2, 0.25) is 10.0 Å². The first-order valence-electron chi connectivity index (χ1n) is 5.61. The molecule has 0 saturated carbocycles. The van der Waals surface area contributed by atoms with Crippen molar-refractivity contribution in [3.8, 4) is 0 Å². The van der Waals surface area contributed by atoms with E-state index in [9.17, 15) is 0 Å². The van der Waals surface area contributed by atoms with E-state index in [4.69, 9.17) is 23.2 Å². The summed E-state index contributed by atoms with van der Waals surface area (Å²) < 4.78 is 0. The molecule has 90 valence electrons. The molecule has 0 saturated heterocycles. The van der Waals surface area contributed by atoms with Crippen LogP contribution in [0.15, 0.2) is 60.7 Å². The van der Waals surface area contributed by atoms with Crippen molar-refractivity contribution in [2.45, 2.75) is 0 Å². The molecule has 0 aliphatic rings. The highest BCUT2D eigenvalue weighted by Gasteiger charge is 1.93. The highest BCUT2D eigenvalue weighted by atomic mass is 35.5. The molecule has 0 bridgehead atoms. The normalized spacial score (nSPS) is 11.4. The maximum absolute atomic E-state index is 6.05. The highest BCUT2D eigenvalue weighted by Crippen LogP contribution is 2.18. The molecule has 0 unspecified atom stereocenters. The lowest BCUT2D eigenvalue weighted by Gasteiger charge is -1.96. The molecule has 2 aromatic carbocycles. The third-order valence-corrected chi connectivity index (χ3v) is 3.16. The second kappa shape index (κ2) is 6.44. The van der Waals surface area contributed by atoms with Gasteiger partial charge in [-0.15, -0.1) is 0 Å². The minimum absolute atomic E-state index is 0.750. The largest absolute Gasteiger partial charge is 0.0837 e. The zero-order valence-electron chi connectivity index (χ0n) is 9.68. The number of hydrogen-bond donors (Lipinski definition) is 0. The third kappa shape index (κ3) is 3.49. The van der Waals surface area contributed by atoms with Gasteiger partial charge in [-0.3, -0.25) is 0 Å². The standard InChI is InChI=1S/C16H12Cl2/c17-15-11-5-3-9-13(15)7-1-2-8-14-10-4-6-12-16(14)18/h1-12H/b7-1-,8-2-. The molecule has 2 aromatic rings. The number of benzene rings is 2. The molecule has 0 radical (unpaired) electrons. The van der Waals surface area contributed by atoms with Gasteiger partial charge < -0.3 is 0 Å². The van der Waals surface area contributed by atoms with Crippen LogP contribution in [0.1, 0.15) is 11.1 Å². The Morgan fingerprint density at radius 2 is 1.00 bits per heavy atom. The number of allylic oxidation sites excluding steroid dienone is 2. The average molecular weight is 275 g/mol. The SMILES string of the molecule is Clc1ccccc1/C=C\C=C/c1ccccc1Cl. The molecule has 0 fully saturated rings. The van der Waals surface area contributed by atoms with E-state index in [1.165, 1.54) is 0 Å². The van der Waals surface area contributed by atoms with Crippen LogP contribution < -0.4 is 0 Å². The van der Waals surface area contributed by atoms with Crippen molar-refractivity contribution in [2.24, 2.45) is 0 Å². The Balaban J connectivity index is 2.08. The molecule has 0 nitrogen and oxygen atoms in total. The number of rotatable bonds is 3. The summed E-state index contributed by atoms with van der Waals surface area (Å²) in [5, 5.41) is 1.50. The Bertz CT molecular complexity index is 530. The summed E-state index contributed by atoms with van der Waals surface area (Å²) >= 11 is 12.1. The molecular weight excluding hydrogens is 263 g/mol. The lowest BCUT2D eigenvalue weighted by atomic mass is 10.2. The summed E-state index contributed by atoms with van der Waals surface area (Å²) in [6.45, 7) is 0. The Kier molecular flexibility index (Phi) is 4.63. The van der Waals surface area contributed by atoms with Crippen LogP contribution in [-0.2, 0) is 0 Å². The molecule has 0 aliphatic carbocycles. The molecule has 0 N–H and O–H groups in total. The van der Waals surface area contributed by atoms with Crippen LogP contribution in [0.5, 0.6) is 0 Å². The van der Waals surface area contributed by atoms with Gasteiger partial charge in [0.1, 0.15) is 0 Å².